The summed E-state index contributed by atoms with van der Waals surface area (Å²) in [6.45, 7) is 4.77. The van der Waals surface area contributed by atoms with E-state index < -0.39 is 5.60 Å². The third-order valence-electron chi connectivity index (χ3n) is 5.21. The van der Waals surface area contributed by atoms with Gasteiger partial charge in [0.2, 0.25) is 0 Å². The van der Waals surface area contributed by atoms with Crippen LogP contribution in [0.15, 0.2) is 24.3 Å². The summed E-state index contributed by atoms with van der Waals surface area (Å²) in [5.41, 5.74) is 6.57. The van der Waals surface area contributed by atoms with Crippen molar-refractivity contribution >= 4 is 0 Å². The number of nitrogens with two attached hydrogens (primary N) is 1. The van der Waals surface area contributed by atoms with E-state index in [1.165, 1.54) is 12.1 Å². The summed E-state index contributed by atoms with van der Waals surface area (Å²) < 4.78 is 18.6. The Morgan fingerprint density at radius 1 is 1.32 bits per heavy atom. The highest BCUT2D eigenvalue weighted by Gasteiger charge is 2.46. The number of ether oxygens (including phenoxy) is 1. The minimum atomic E-state index is -0.891. The van der Waals surface area contributed by atoms with Gasteiger partial charge in [0.1, 0.15) is 5.82 Å². The van der Waals surface area contributed by atoms with Crippen LogP contribution in [0.3, 0.4) is 0 Å². The quantitative estimate of drug-likeness (QED) is 0.775. The summed E-state index contributed by atoms with van der Waals surface area (Å²) in [4.78, 5) is 0. The van der Waals surface area contributed by atoms with Crippen LogP contribution in [0.25, 0.3) is 0 Å². The van der Waals surface area contributed by atoms with E-state index in [4.69, 9.17) is 10.5 Å². The minimum Gasteiger partial charge on any atom is -0.387 e. The van der Waals surface area contributed by atoms with Crippen LogP contribution >= 0.6 is 0 Å². The first-order chi connectivity index (χ1) is 10.5. The maximum Gasteiger partial charge on any atom is 0.123 e. The second-order valence-electron chi connectivity index (χ2n) is 6.54. The van der Waals surface area contributed by atoms with E-state index in [1.54, 1.807) is 0 Å². The van der Waals surface area contributed by atoms with Gasteiger partial charge in [-0.2, -0.15) is 0 Å². The number of rotatable bonds is 8. The van der Waals surface area contributed by atoms with Crippen LogP contribution in [-0.4, -0.2) is 30.0 Å². The Morgan fingerprint density at radius 2 is 1.95 bits per heavy atom. The summed E-state index contributed by atoms with van der Waals surface area (Å²) in [6.07, 6.45) is 4.23. The first-order valence-corrected chi connectivity index (χ1v) is 8.27. The molecule has 0 heterocycles. The van der Waals surface area contributed by atoms with Gasteiger partial charge < -0.3 is 15.6 Å². The number of hydrogen-bond acceptors (Lipinski definition) is 3. The number of hydrogen-bond donors (Lipinski definition) is 2. The molecule has 3 N–H and O–H groups in total. The largest absolute Gasteiger partial charge is 0.387 e. The highest BCUT2D eigenvalue weighted by atomic mass is 19.1. The monoisotopic (exact) mass is 309 g/mol. The fourth-order valence-corrected chi connectivity index (χ4v) is 3.42. The van der Waals surface area contributed by atoms with Gasteiger partial charge in [-0.15, -0.1) is 0 Å². The summed E-state index contributed by atoms with van der Waals surface area (Å²) in [5.74, 6) is -0.229. The van der Waals surface area contributed by atoms with Gasteiger partial charge in [0.15, 0.2) is 0 Å². The molecule has 124 valence electrons. The molecule has 1 aromatic rings. The zero-order chi connectivity index (χ0) is 16.2. The van der Waals surface area contributed by atoms with E-state index in [0.717, 1.165) is 24.8 Å². The summed E-state index contributed by atoms with van der Waals surface area (Å²) in [5, 5.41) is 10.7. The summed E-state index contributed by atoms with van der Waals surface area (Å²) in [6, 6.07) is 6.50. The molecule has 2 atom stereocenters. The van der Waals surface area contributed by atoms with Gasteiger partial charge in [-0.1, -0.05) is 25.5 Å². The molecule has 1 aliphatic rings. The van der Waals surface area contributed by atoms with Crippen LogP contribution < -0.4 is 5.73 Å². The molecule has 2 rings (SSSR count). The first-order valence-electron chi connectivity index (χ1n) is 8.27. The Balaban J connectivity index is 2.14. The van der Waals surface area contributed by atoms with Gasteiger partial charge in [0.05, 0.1) is 12.2 Å². The Labute approximate surface area is 132 Å². The van der Waals surface area contributed by atoms with Gasteiger partial charge in [-0.3, -0.25) is 0 Å². The molecule has 0 bridgehead atoms. The second kappa shape index (κ2) is 7.07. The van der Waals surface area contributed by atoms with Crippen LogP contribution in [-0.2, 0) is 10.2 Å². The van der Waals surface area contributed by atoms with E-state index in [2.05, 4.69) is 0 Å². The third-order valence-corrected chi connectivity index (χ3v) is 5.21. The molecule has 0 aliphatic heterocycles. The van der Waals surface area contributed by atoms with Crippen LogP contribution in [0.2, 0.25) is 0 Å². The van der Waals surface area contributed by atoms with Gasteiger partial charge >= 0.3 is 0 Å². The predicted octanol–water partition coefficient (Wildman–Crippen LogP) is 3.14. The fraction of sp³-hybridized carbons (Fsp3) is 0.667. The molecule has 0 aromatic heterocycles. The van der Waals surface area contributed by atoms with E-state index in [-0.39, 0.29) is 17.3 Å². The topological polar surface area (TPSA) is 55.5 Å². The maximum absolute atomic E-state index is 13.2. The van der Waals surface area contributed by atoms with Gasteiger partial charge in [-0.25, -0.2) is 4.39 Å². The molecular formula is C18H28FNO2. The molecule has 0 radical (unpaired) electrons. The Morgan fingerprint density at radius 3 is 2.41 bits per heavy atom. The molecule has 1 saturated carbocycles. The molecular weight excluding hydrogens is 281 g/mol. The third kappa shape index (κ3) is 3.50. The van der Waals surface area contributed by atoms with Gasteiger partial charge in [0, 0.05) is 18.1 Å². The second-order valence-corrected chi connectivity index (χ2v) is 6.54. The highest BCUT2D eigenvalue weighted by Crippen LogP contribution is 2.47. The van der Waals surface area contributed by atoms with E-state index in [9.17, 15) is 9.50 Å². The molecule has 4 heteroatoms. The van der Waals surface area contributed by atoms with Crippen molar-refractivity contribution in [2.75, 3.05) is 13.2 Å². The summed E-state index contributed by atoms with van der Waals surface area (Å²) >= 11 is 0. The van der Waals surface area contributed by atoms with Crippen LogP contribution in [0.4, 0.5) is 4.39 Å². The lowest BCUT2D eigenvalue weighted by atomic mass is 9.58. The van der Waals surface area contributed by atoms with Crippen molar-refractivity contribution in [2.24, 2.45) is 5.73 Å². The molecule has 1 fully saturated rings. The van der Waals surface area contributed by atoms with Crippen molar-refractivity contribution in [3.05, 3.63) is 35.6 Å². The number of benzene rings is 1. The van der Waals surface area contributed by atoms with E-state index >= 15 is 0 Å². The fourth-order valence-electron chi connectivity index (χ4n) is 3.42. The standard InChI is InChI=1S/C18H28FNO2/c1-3-17(21,13-22-4-2)12-16(20)18(10-5-11-18)14-6-8-15(19)9-7-14/h6-9,16,21H,3-5,10-13,20H2,1-2H3. The van der Waals surface area contributed by atoms with Crippen LogP contribution in [0.5, 0.6) is 0 Å². The van der Waals surface area contributed by atoms with Crippen molar-refractivity contribution < 1.29 is 14.2 Å². The highest BCUT2D eigenvalue weighted by molar-refractivity contribution is 5.31. The van der Waals surface area contributed by atoms with Crippen molar-refractivity contribution in [3.63, 3.8) is 0 Å². The molecule has 1 aromatic carbocycles. The maximum atomic E-state index is 13.2. The zero-order valence-electron chi connectivity index (χ0n) is 13.6. The first kappa shape index (κ1) is 17.4. The van der Waals surface area contributed by atoms with Crippen LogP contribution in [0, 0.1) is 5.82 Å². The molecule has 0 saturated heterocycles. The normalized spacial score (nSPS) is 21.0. The minimum absolute atomic E-state index is 0.136. The average Bonchev–Trinajstić information content (AvgIpc) is 2.46. The van der Waals surface area contributed by atoms with Crippen molar-refractivity contribution in [2.45, 2.75) is 63.0 Å². The summed E-state index contributed by atoms with van der Waals surface area (Å²) in [7, 11) is 0. The number of halogens is 1. The van der Waals surface area contributed by atoms with E-state index in [0.29, 0.717) is 26.1 Å². The zero-order valence-corrected chi connectivity index (χ0v) is 13.6. The van der Waals surface area contributed by atoms with Crippen LogP contribution in [0.1, 0.15) is 51.5 Å². The Kier molecular flexibility index (Phi) is 5.59. The molecule has 2 unspecified atom stereocenters. The van der Waals surface area contributed by atoms with Crippen molar-refractivity contribution in [1.82, 2.24) is 0 Å². The Hall–Kier alpha value is -0.970. The lowest BCUT2D eigenvalue weighted by molar-refractivity contribution is -0.0624. The lowest BCUT2D eigenvalue weighted by Gasteiger charge is -2.49. The lowest BCUT2D eigenvalue weighted by Crippen LogP contribution is -2.54. The van der Waals surface area contributed by atoms with Crippen molar-refractivity contribution in [3.8, 4) is 0 Å². The predicted molar refractivity (Wildman–Crippen MR) is 86.3 cm³/mol. The smallest absolute Gasteiger partial charge is 0.123 e. The molecule has 3 nitrogen and oxygen atoms in total. The SMILES string of the molecule is CCOCC(O)(CC)CC(N)C1(c2ccc(F)cc2)CCC1. The molecule has 0 amide bonds. The Bertz CT molecular complexity index is 472. The van der Waals surface area contributed by atoms with Gasteiger partial charge in [0.25, 0.3) is 0 Å². The molecule has 22 heavy (non-hydrogen) atoms. The molecule has 1 aliphatic carbocycles. The average molecular weight is 309 g/mol. The van der Waals surface area contributed by atoms with Crippen molar-refractivity contribution in [1.29, 1.82) is 0 Å². The number of aliphatic hydroxyl groups is 1. The van der Waals surface area contributed by atoms with Gasteiger partial charge in [-0.05, 0) is 50.3 Å². The molecule has 0 spiro atoms. The van der Waals surface area contributed by atoms with E-state index in [1.807, 2.05) is 26.0 Å².